The standard InChI is InChI=1S/C23H19NO7/c1-29-19-13-10-17(14-20(19)30-2)23(26)31-22(21(25)15-6-4-3-5-7-15)16-8-11-18(12-9-16)24(27)28/h3-14,22H,1-2H3. The first-order valence-electron chi connectivity index (χ1n) is 9.21. The molecule has 158 valence electrons. The van der Waals surface area contributed by atoms with Gasteiger partial charge in [0, 0.05) is 23.3 Å². The van der Waals surface area contributed by atoms with Crippen LogP contribution in [-0.4, -0.2) is 30.9 Å². The maximum atomic E-state index is 13.1. The van der Waals surface area contributed by atoms with Crippen LogP contribution in [0.4, 0.5) is 5.69 Å². The maximum Gasteiger partial charge on any atom is 0.339 e. The van der Waals surface area contributed by atoms with E-state index in [0.29, 0.717) is 22.6 Å². The van der Waals surface area contributed by atoms with E-state index in [1.807, 2.05) is 0 Å². The molecule has 0 N–H and O–H groups in total. The molecule has 8 nitrogen and oxygen atoms in total. The Bertz CT molecular complexity index is 1090. The van der Waals surface area contributed by atoms with Gasteiger partial charge in [0.15, 0.2) is 17.6 Å². The molecule has 0 aliphatic rings. The Morgan fingerprint density at radius 1 is 0.839 bits per heavy atom. The van der Waals surface area contributed by atoms with Gasteiger partial charge in [-0.25, -0.2) is 4.79 Å². The second-order valence-electron chi connectivity index (χ2n) is 6.43. The Hall–Kier alpha value is -4.20. The molecule has 3 aromatic carbocycles. The van der Waals surface area contributed by atoms with Crippen LogP contribution in [-0.2, 0) is 4.74 Å². The Morgan fingerprint density at radius 3 is 2.06 bits per heavy atom. The number of carbonyl (C=O) groups excluding carboxylic acids is 2. The molecule has 0 aliphatic carbocycles. The molecule has 8 heteroatoms. The van der Waals surface area contributed by atoms with Crippen molar-refractivity contribution in [1.82, 2.24) is 0 Å². The minimum absolute atomic E-state index is 0.138. The number of methoxy groups -OCH3 is 2. The van der Waals surface area contributed by atoms with E-state index in [4.69, 9.17) is 14.2 Å². The highest BCUT2D eigenvalue weighted by molar-refractivity contribution is 6.02. The lowest BCUT2D eigenvalue weighted by atomic mass is 9.99. The number of carbonyl (C=O) groups is 2. The number of Topliss-reactive ketones (excluding diaryl/α,β-unsaturated/α-hetero) is 1. The van der Waals surface area contributed by atoms with E-state index in [1.54, 1.807) is 36.4 Å². The molecule has 0 saturated heterocycles. The van der Waals surface area contributed by atoms with Gasteiger partial charge in [-0.05, 0) is 30.3 Å². The molecule has 3 rings (SSSR count). The lowest BCUT2D eigenvalue weighted by Gasteiger charge is -2.18. The number of nitro benzene ring substituents is 1. The molecular formula is C23H19NO7. The SMILES string of the molecule is COc1ccc(C(=O)OC(C(=O)c2ccccc2)c2ccc([N+](=O)[O-])cc2)cc1OC. The number of ether oxygens (including phenoxy) is 3. The van der Waals surface area contributed by atoms with Crippen molar-refractivity contribution in [3.63, 3.8) is 0 Å². The van der Waals surface area contributed by atoms with E-state index < -0.39 is 22.8 Å². The van der Waals surface area contributed by atoms with E-state index in [0.717, 1.165) is 0 Å². The summed E-state index contributed by atoms with van der Waals surface area (Å²) in [6.07, 6.45) is -1.29. The highest BCUT2D eigenvalue weighted by Crippen LogP contribution is 2.30. The molecule has 0 saturated carbocycles. The molecular weight excluding hydrogens is 402 g/mol. The van der Waals surface area contributed by atoms with Crippen molar-refractivity contribution in [1.29, 1.82) is 0 Å². The first-order chi connectivity index (χ1) is 14.9. The molecule has 0 aliphatic heterocycles. The van der Waals surface area contributed by atoms with Crippen LogP contribution in [0.5, 0.6) is 11.5 Å². The predicted molar refractivity (Wildman–Crippen MR) is 112 cm³/mol. The van der Waals surface area contributed by atoms with E-state index in [1.165, 1.54) is 50.6 Å². The fourth-order valence-electron chi connectivity index (χ4n) is 2.94. The average Bonchev–Trinajstić information content (AvgIpc) is 2.82. The molecule has 0 spiro atoms. The minimum atomic E-state index is -1.29. The Kier molecular flexibility index (Phi) is 6.61. The van der Waals surface area contributed by atoms with Gasteiger partial charge < -0.3 is 14.2 Å². The van der Waals surface area contributed by atoms with Crippen LogP contribution in [0, 0.1) is 10.1 Å². The number of nitrogens with zero attached hydrogens (tertiary/aromatic N) is 1. The van der Waals surface area contributed by atoms with Crippen molar-refractivity contribution in [3.05, 3.63) is 99.6 Å². The zero-order valence-corrected chi connectivity index (χ0v) is 16.8. The number of nitro groups is 1. The van der Waals surface area contributed by atoms with Crippen molar-refractivity contribution >= 4 is 17.4 Å². The molecule has 1 unspecified atom stereocenters. The summed E-state index contributed by atoms with van der Waals surface area (Å²) in [6, 6.07) is 18.1. The summed E-state index contributed by atoms with van der Waals surface area (Å²) in [6.45, 7) is 0. The van der Waals surface area contributed by atoms with E-state index in [-0.39, 0.29) is 11.3 Å². The largest absolute Gasteiger partial charge is 0.493 e. The van der Waals surface area contributed by atoms with E-state index >= 15 is 0 Å². The average molecular weight is 421 g/mol. The van der Waals surface area contributed by atoms with Crippen molar-refractivity contribution in [3.8, 4) is 11.5 Å². The van der Waals surface area contributed by atoms with Crippen molar-refractivity contribution in [2.75, 3.05) is 14.2 Å². The first-order valence-corrected chi connectivity index (χ1v) is 9.21. The summed E-state index contributed by atoms with van der Waals surface area (Å²) in [7, 11) is 2.91. The Labute approximate surface area is 178 Å². The number of hydrogen-bond donors (Lipinski definition) is 0. The quantitative estimate of drug-likeness (QED) is 0.230. The fourth-order valence-corrected chi connectivity index (χ4v) is 2.94. The van der Waals surface area contributed by atoms with Gasteiger partial charge in [-0.15, -0.1) is 0 Å². The van der Waals surface area contributed by atoms with Crippen molar-refractivity contribution in [2.45, 2.75) is 6.10 Å². The van der Waals surface area contributed by atoms with Crippen LogP contribution in [0.25, 0.3) is 0 Å². The number of rotatable bonds is 8. The molecule has 0 radical (unpaired) electrons. The van der Waals surface area contributed by atoms with Crippen LogP contribution >= 0.6 is 0 Å². The van der Waals surface area contributed by atoms with Gasteiger partial charge in [0.1, 0.15) is 0 Å². The monoisotopic (exact) mass is 421 g/mol. The van der Waals surface area contributed by atoms with Gasteiger partial charge in [0.25, 0.3) is 5.69 Å². The number of ketones is 1. The molecule has 31 heavy (non-hydrogen) atoms. The predicted octanol–water partition coefficient (Wildman–Crippen LogP) is 4.39. The molecule has 1 atom stereocenters. The van der Waals surface area contributed by atoms with Crippen LogP contribution in [0.2, 0.25) is 0 Å². The van der Waals surface area contributed by atoms with E-state index in [2.05, 4.69) is 0 Å². The van der Waals surface area contributed by atoms with Gasteiger partial charge in [-0.1, -0.05) is 30.3 Å². The van der Waals surface area contributed by atoms with Crippen LogP contribution in [0.3, 0.4) is 0 Å². The number of esters is 1. The van der Waals surface area contributed by atoms with Gasteiger partial charge in [0.2, 0.25) is 5.78 Å². The summed E-state index contributed by atoms with van der Waals surface area (Å²) in [5.74, 6) is -0.443. The van der Waals surface area contributed by atoms with Crippen LogP contribution in [0.1, 0.15) is 32.4 Å². The molecule has 0 aromatic heterocycles. The van der Waals surface area contributed by atoms with Gasteiger partial charge in [-0.3, -0.25) is 14.9 Å². The molecule has 0 amide bonds. The molecule has 3 aromatic rings. The topological polar surface area (TPSA) is 105 Å². The third-order valence-corrected chi connectivity index (χ3v) is 4.55. The van der Waals surface area contributed by atoms with Crippen molar-refractivity contribution < 1.29 is 28.7 Å². The zero-order valence-electron chi connectivity index (χ0n) is 16.8. The second-order valence-corrected chi connectivity index (χ2v) is 6.43. The van der Waals surface area contributed by atoms with Crippen molar-refractivity contribution in [2.24, 2.45) is 0 Å². The Balaban J connectivity index is 1.95. The summed E-state index contributed by atoms with van der Waals surface area (Å²) >= 11 is 0. The lowest BCUT2D eigenvalue weighted by molar-refractivity contribution is -0.384. The number of non-ortho nitro benzene ring substituents is 1. The smallest absolute Gasteiger partial charge is 0.339 e. The van der Waals surface area contributed by atoms with Gasteiger partial charge >= 0.3 is 5.97 Å². The number of hydrogen-bond acceptors (Lipinski definition) is 7. The third-order valence-electron chi connectivity index (χ3n) is 4.55. The van der Waals surface area contributed by atoms with Crippen LogP contribution in [0.15, 0.2) is 72.8 Å². The number of benzene rings is 3. The third kappa shape index (κ3) is 4.87. The summed E-state index contributed by atoms with van der Waals surface area (Å²) < 4.78 is 15.9. The lowest BCUT2D eigenvalue weighted by Crippen LogP contribution is -2.20. The highest BCUT2D eigenvalue weighted by atomic mass is 16.6. The second kappa shape index (κ2) is 9.53. The maximum absolute atomic E-state index is 13.1. The van der Waals surface area contributed by atoms with Crippen LogP contribution < -0.4 is 9.47 Å². The molecule has 0 heterocycles. The summed E-state index contributed by atoms with van der Waals surface area (Å²) in [5.41, 5.74) is 0.672. The highest BCUT2D eigenvalue weighted by Gasteiger charge is 2.27. The zero-order chi connectivity index (χ0) is 22.4. The molecule has 0 bridgehead atoms. The molecule has 0 fully saturated rings. The summed E-state index contributed by atoms with van der Waals surface area (Å²) in [4.78, 5) is 36.3. The Morgan fingerprint density at radius 2 is 1.48 bits per heavy atom. The van der Waals surface area contributed by atoms with Gasteiger partial charge in [0.05, 0.1) is 24.7 Å². The fraction of sp³-hybridized carbons (Fsp3) is 0.130. The minimum Gasteiger partial charge on any atom is -0.493 e. The van der Waals surface area contributed by atoms with Gasteiger partial charge in [-0.2, -0.15) is 0 Å². The normalized spacial score (nSPS) is 11.3. The summed E-state index contributed by atoms with van der Waals surface area (Å²) in [5, 5.41) is 10.9. The van der Waals surface area contributed by atoms with E-state index in [9.17, 15) is 19.7 Å². The first kappa shape index (κ1) is 21.5.